The summed E-state index contributed by atoms with van der Waals surface area (Å²) in [6, 6.07) is 32.1. The van der Waals surface area contributed by atoms with E-state index in [1.165, 1.54) is 27.3 Å². The van der Waals surface area contributed by atoms with Crippen molar-refractivity contribution in [2.45, 2.75) is 19.6 Å². The molecule has 27 heavy (non-hydrogen) atoms. The van der Waals surface area contributed by atoms with E-state index < -0.39 is 15.2 Å². The van der Waals surface area contributed by atoms with Crippen molar-refractivity contribution in [1.82, 2.24) is 0 Å². The maximum atomic E-state index is 2.56. The maximum Gasteiger partial charge on any atom is 0.137 e. The van der Waals surface area contributed by atoms with Crippen molar-refractivity contribution in [2.75, 3.05) is 5.79 Å². The summed E-state index contributed by atoms with van der Waals surface area (Å²) in [6.07, 6.45) is 0. The van der Waals surface area contributed by atoms with Crippen LogP contribution in [0.2, 0.25) is 19.6 Å². The summed E-state index contributed by atoms with van der Waals surface area (Å²) in [4.78, 5) is 0. The zero-order valence-corrected chi connectivity index (χ0v) is 17.6. The Bertz CT molecular complexity index is 1100. The predicted molar refractivity (Wildman–Crippen MR) is 132 cm³/mol. The summed E-state index contributed by atoms with van der Waals surface area (Å²) < 4.78 is 0. The van der Waals surface area contributed by atoms with Crippen LogP contribution in [-0.4, -0.2) is 21.4 Å². The van der Waals surface area contributed by atoms with Crippen molar-refractivity contribution in [3.63, 3.8) is 0 Å². The Labute approximate surface area is 165 Å². The van der Waals surface area contributed by atoms with Gasteiger partial charge in [0.2, 0.25) is 0 Å². The van der Waals surface area contributed by atoms with Crippen LogP contribution in [0, 0.1) is 0 Å². The highest BCUT2D eigenvalue weighted by Crippen LogP contribution is 2.55. The third-order valence-electron chi connectivity index (χ3n) is 4.74. The third kappa shape index (κ3) is 3.49. The minimum absolute atomic E-state index is 0.135. The molecule has 0 amide bonds. The van der Waals surface area contributed by atoms with Crippen LogP contribution in [0.15, 0.2) is 84.9 Å². The van der Waals surface area contributed by atoms with Crippen molar-refractivity contribution in [3.8, 4) is 0 Å². The minimum Gasteiger partial charge on any atom is -0.0956 e. The Morgan fingerprint density at radius 3 is 1.93 bits per heavy atom. The first-order valence-electron chi connectivity index (χ1n) is 9.26. The monoisotopic (exact) mass is 386 g/mol. The topological polar surface area (TPSA) is 0 Å². The number of benzene rings is 4. The van der Waals surface area contributed by atoms with E-state index in [1.807, 2.05) is 0 Å². The normalized spacial score (nSPS) is 14.4. The van der Waals surface area contributed by atoms with E-state index in [9.17, 15) is 0 Å². The van der Waals surface area contributed by atoms with Crippen LogP contribution in [0.25, 0.3) is 21.5 Å². The zero-order chi connectivity index (χ0) is 19.1. The molecule has 0 fully saturated rings. The second kappa shape index (κ2) is 6.93. The van der Waals surface area contributed by atoms with Gasteiger partial charge in [0, 0.05) is 11.2 Å². The Kier molecular flexibility index (Phi) is 4.74. The number of fused-ring (bicyclic) bond motifs is 3. The molecule has 0 aliphatic rings. The molecule has 0 heterocycles. The zero-order valence-electron chi connectivity index (χ0n) is 15.7. The second-order valence-corrected chi connectivity index (χ2v) is 16.4. The molecule has 0 saturated carbocycles. The van der Waals surface area contributed by atoms with Crippen molar-refractivity contribution in [1.29, 1.82) is 0 Å². The van der Waals surface area contributed by atoms with Crippen LogP contribution in [0.5, 0.6) is 0 Å². The molecule has 0 saturated heterocycles. The molecule has 0 spiro atoms. The first-order chi connectivity index (χ1) is 12.9. The lowest BCUT2D eigenvalue weighted by molar-refractivity contribution is 1.65. The van der Waals surface area contributed by atoms with E-state index in [1.54, 1.807) is 10.6 Å². The van der Waals surface area contributed by atoms with E-state index in [0.717, 1.165) is 0 Å². The first-order valence-corrected chi connectivity index (χ1v) is 14.5. The van der Waals surface area contributed by atoms with Gasteiger partial charge in [-0.2, -0.15) is 0 Å². The predicted octanol–water partition coefficient (Wildman–Crippen LogP) is 5.12. The number of rotatable bonds is 4. The van der Waals surface area contributed by atoms with Gasteiger partial charge in [-0.15, -0.1) is 0 Å². The minimum atomic E-state index is -1.23. The summed E-state index contributed by atoms with van der Waals surface area (Å²) >= 11 is 0. The molecule has 136 valence electrons. The van der Waals surface area contributed by atoms with Gasteiger partial charge >= 0.3 is 0 Å². The summed E-state index contributed by atoms with van der Waals surface area (Å²) in [7, 11) is -2.30. The van der Waals surface area contributed by atoms with E-state index in [0.29, 0.717) is 0 Å². The highest BCUT2D eigenvalue weighted by molar-refractivity contribution is 8.09. The highest BCUT2D eigenvalue weighted by atomic mass is 31.2. The molecule has 4 rings (SSSR count). The summed E-state index contributed by atoms with van der Waals surface area (Å²) in [5, 5.41) is 9.06. The molecule has 0 aliphatic heterocycles. The smallest absolute Gasteiger partial charge is 0.0956 e. The van der Waals surface area contributed by atoms with Gasteiger partial charge in [0.1, 0.15) is 7.57 Å². The molecule has 0 radical (unpaired) electrons. The molecule has 0 N–H and O–H groups in total. The fourth-order valence-electron chi connectivity index (χ4n) is 3.66. The van der Waals surface area contributed by atoms with Gasteiger partial charge in [-0.1, -0.05) is 93.5 Å². The number of hydrogen-bond acceptors (Lipinski definition) is 0. The summed E-state index contributed by atoms with van der Waals surface area (Å²) in [5.41, 5.74) is 0. The molecular formula is C24H28BPSi. The molecule has 0 aromatic heterocycles. The van der Waals surface area contributed by atoms with Crippen LogP contribution in [-0.2, 0) is 0 Å². The molecule has 0 aliphatic carbocycles. The molecule has 4 aromatic carbocycles. The number of hydrogen-bond donors (Lipinski definition) is 0. The Morgan fingerprint density at radius 2 is 1.26 bits per heavy atom. The first kappa shape index (κ1) is 18.5. The summed E-state index contributed by atoms with van der Waals surface area (Å²) in [5.74, 6) is 1.45. The van der Waals surface area contributed by atoms with Crippen LogP contribution < -0.4 is 10.6 Å². The van der Waals surface area contributed by atoms with Crippen molar-refractivity contribution in [2.24, 2.45) is 0 Å². The van der Waals surface area contributed by atoms with Gasteiger partial charge < -0.3 is 0 Å². The van der Waals surface area contributed by atoms with Crippen molar-refractivity contribution >= 4 is 54.9 Å². The molecule has 0 bridgehead atoms. The van der Waals surface area contributed by atoms with Gasteiger partial charge in [0.15, 0.2) is 0 Å². The van der Waals surface area contributed by atoms with E-state index >= 15 is 0 Å². The molecule has 1 atom stereocenters. The summed E-state index contributed by atoms with van der Waals surface area (Å²) in [6.45, 7) is 7.65. The molecule has 1 unspecified atom stereocenters. The van der Waals surface area contributed by atoms with Gasteiger partial charge in [-0.25, -0.2) is 0 Å². The largest absolute Gasteiger partial charge is 0.137 e. The lowest BCUT2D eigenvalue weighted by atomic mass is 10.0. The Hall–Kier alpha value is -1.89. The lowest BCUT2D eigenvalue weighted by Crippen LogP contribution is -2.37. The van der Waals surface area contributed by atoms with Gasteiger partial charge in [0.25, 0.3) is 0 Å². The highest BCUT2D eigenvalue weighted by Gasteiger charge is 2.37. The van der Waals surface area contributed by atoms with Crippen LogP contribution in [0.4, 0.5) is 0 Å². The average molecular weight is 386 g/mol. The molecule has 0 nitrogen and oxygen atoms in total. The quantitative estimate of drug-likeness (QED) is 0.260. The van der Waals surface area contributed by atoms with E-state index in [4.69, 9.17) is 0 Å². The fraction of sp³-hybridized carbons (Fsp3) is 0.167. The standard InChI is InChI=1S/C24H28BPSi/c1-27(2,3)18-26(25,20-12-5-4-6-13-20)24-17-19-11-7-8-14-21(19)22-15-9-10-16-23(22)24/h4-17H,18H2,1-3,25H3. The Morgan fingerprint density at radius 1 is 0.704 bits per heavy atom. The van der Waals surface area contributed by atoms with Gasteiger partial charge in [-0.05, 0) is 34.4 Å². The Balaban J connectivity index is 2.09. The molecule has 4 aromatic rings. The fourth-order valence-corrected chi connectivity index (χ4v) is 10.5. The van der Waals surface area contributed by atoms with Crippen LogP contribution in [0.3, 0.4) is 0 Å². The lowest BCUT2D eigenvalue weighted by Gasteiger charge is -2.36. The SMILES string of the molecule is [BH3-][P+](C[Si](C)(C)C)(c1ccccc1)c1cc2ccccc2c2ccccc12. The second-order valence-electron chi connectivity index (χ2n) is 8.14. The molecular weight excluding hydrogens is 358 g/mol. The van der Waals surface area contributed by atoms with Crippen molar-refractivity contribution in [3.05, 3.63) is 84.9 Å². The van der Waals surface area contributed by atoms with Crippen LogP contribution in [0.1, 0.15) is 0 Å². The van der Waals surface area contributed by atoms with E-state index in [-0.39, 0.29) is 7.57 Å². The van der Waals surface area contributed by atoms with E-state index in [2.05, 4.69) is 105 Å². The van der Waals surface area contributed by atoms with Gasteiger partial charge in [-0.3, -0.25) is 0 Å². The van der Waals surface area contributed by atoms with Crippen molar-refractivity contribution < 1.29 is 0 Å². The van der Waals surface area contributed by atoms with Crippen LogP contribution >= 0.6 is 7.14 Å². The maximum absolute atomic E-state index is 2.56. The van der Waals surface area contributed by atoms with Gasteiger partial charge in [0.05, 0.1) is 18.7 Å². The average Bonchev–Trinajstić information content (AvgIpc) is 2.66. The third-order valence-corrected chi connectivity index (χ3v) is 11.7. The molecule has 3 heteroatoms.